The maximum absolute atomic E-state index is 12.2. The van der Waals surface area contributed by atoms with Crippen molar-refractivity contribution in [2.75, 3.05) is 33.9 Å². The van der Waals surface area contributed by atoms with E-state index in [9.17, 15) is 18.0 Å². The number of hydrogen-bond donors (Lipinski definition) is 1. The minimum atomic E-state index is -4.42. The summed E-state index contributed by atoms with van der Waals surface area (Å²) in [6.07, 6.45) is -3.03. The van der Waals surface area contributed by atoms with Crippen LogP contribution in [0.5, 0.6) is 5.88 Å². The first-order valence-electron chi connectivity index (χ1n) is 8.41. The highest BCUT2D eigenvalue weighted by Gasteiger charge is 2.36. The van der Waals surface area contributed by atoms with Gasteiger partial charge >= 0.3 is 12.1 Å². The predicted octanol–water partition coefficient (Wildman–Crippen LogP) is 2.46. The van der Waals surface area contributed by atoms with Crippen molar-refractivity contribution in [3.8, 4) is 5.88 Å². The van der Waals surface area contributed by atoms with Crippen LogP contribution in [-0.2, 0) is 16.1 Å². The molecule has 2 unspecified atom stereocenters. The topological polar surface area (TPSA) is 76.1 Å². The third-order valence-corrected chi connectivity index (χ3v) is 4.26. The van der Waals surface area contributed by atoms with E-state index in [1.54, 1.807) is 13.1 Å². The molecule has 2 atom stereocenters. The number of alkyl halides is 3. The van der Waals surface area contributed by atoms with Crippen LogP contribution in [0.2, 0.25) is 0 Å². The zero-order chi connectivity index (χ0) is 20.0. The van der Waals surface area contributed by atoms with Crippen LogP contribution in [-0.4, -0.2) is 61.8 Å². The fourth-order valence-corrected chi connectivity index (χ4v) is 2.91. The Morgan fingerprint density at radius 1 is 1.43 bits per heavy atom. The monoisotopic (exact) mass is 516 g/mol. The molecule has 0 aliphatic carbocycles. The molecule has 1 N–H and O–H groups in total. The van der Waals surface area contributed by atoms with Crippen molar-refractivity contribution in [1.29, 1.82) is 0 Å². The van der Waals surface area contributed by atoms with Crippen molar-refractivity contribution in [3.05, 3.63) is 23.9 Å². The summed E-state index contributed by atoms with van der Waals surface area (Å²) in [6.45, 7) is 2.05. The molecule has 0 saturated carbocycles. The van der Waals surface area contributed by atoms with E-state index in [2.05, 4.69) is 20.0 Å². The van der Waals surface area contributed by atoms with Gasteiger partial charge in [0.1, 0.15) is 0 Å². The highest BCUT2D eigenvalue weighted by Crippen LogP contribution is 2.24. The third-order valence-electron chi connectivity index (χ3n) is 4.26. The van der Waals surface area contributed by atoms with Gasteiger partial charge in [0.05, 0.1) is 13.0 Å². The zero-order valence-electron chi connectivity index (χ0n) is 15.8. The van der Waals surface area contributed by atoms with E-state index < -0.39 is 12.8 Å². The predicted molar refractivity (Wildman–Crippen MR) is 108 cm³/mol. The number of nitrogens with zero attached hydrogens (tertiary/aromatic N) is 3. The number of methoxy groups -OCH3 is 1. The summed E-state index contributed by atoms with van der Waals surface area (Å²) in [7, 11) is 3.00. The first-order valence-corrected chi connectivity index (χ1v) is 8.41. The van der Waals surface area contributed by atoms with Crippen LogP contribution in [0.1, 0.15) is 12.5 Å². The fraction of sp³-hybridized carbons (Fsp3) is 0.588. The largest absolute Gasteiger partial charge is 0.469 e. The van der Waals surface area contributed by atoms with E-state index in [0.717, 1.165) is 0 Å². The Morgan fingerprint density at radius 3 is 2.75 bits per heavy atom. The van der Waals surface area contributed by atoms with Gasteiger partial charge in [0.25, 0.3) is 0 Å². The number of halogens is 4. The Hall–Kier alpha value is -1.79. The van der Waals surface area contributed by atoms with E-state index >= 15 is 0 Å². The lowest BCUT2D eigenvalue weighted by Crippen LogP contribution is -2.40. The van der Waals surface area contributed by atoms with Crippen LogP contribution in [0.3, 0.4) is 0 Å². The van der Waals surface area contributed by atoms with E-state index in [4.69, 9.17) is 4.74 Å². The Balaban J connectivity index is 0.00000392. The van der Waals surface area contributed by atoms with Crippen LogP contribution < -0.4 is 10.1 Å². The molecular weight excluding hydrogens is 492 g/mol. The number of carbonyl (C=O) groups is 1. The van der Waals surface area contributed by atoms with E-state index in [-0.39, 0.29) is 47.7 Å². The molecule has 1 aromatic heterocycles. The molecule has 1 aliphatic heterocycles. The molecule has 0 bridgehead atoms. The maximum Gasteiger partial charge on any atom is 0.422 e. The minimum absolute atomic E-state index is 0. The smallest absolute Gasteiger partial charge is 0.422 e. The number of nitrogens with one attached hydrogen (secondary N) is 1. The van der Waals surface area contributed by atoms with Gasteiger partial charge in [-0.25, -0.2) is 4.98 Å². The van der Waals surface area contributed by atoms with Gasteiger partial charge in [-0.15, -0.1) is 24.0 Å². The van der Waals surface area contributed by atoms with E-state index in [1.165, 1.54) is 19.4 Å². The van der Waals surface area contributed by atoms with E-state index in [1.807, 2.05) is 11.8 Å². The number of guanidine groups is 1. The number of pyridine rings is 1. The number of likely N-dealkylation sites (tertiary alicyclic amines) is 1. The summed E-state index contributed by atoms with van der Waals surface area (Å²) in [5, 5.41) is 3.14. The number of carbonyl (C=O) groups excluding carboxylic acids is 1. The molecule has 0 spiro atoms. The summed E-state index contributed by atoms with van der Waals surface area (Å²) in [5.41, 5.74) is 0.695. The van der Waals surface area contributed by atoms with Gasteiger partial charge < -0.3 is 19.7 Å². The summed E-state index contributed by atoms with van der Waals surface area (Å²) in [6, 6.07) is 3.11. The van der Waals surface area contributed by atoms with Crippen LogP contribution in [0.4, 0.5) is 13.2 Å². The number of hydrogen-bond acceptors (Lipinski definition) is 5. The van der Waals surface area contributed by atoms with Crippen molar-refractivity contribution in [2.45, 2.75) is 19.6 Å². The Morgan fingerprint density at radius 2 is 2.14 bits per heavy atom. The molecule has 11 heteroatoms. The maximum atomic E-state index is 12.2. The summed E-state index contributed by atoms with van der Waals surface area (Å²) in [5.74, 6) is 0.155. The second-order valence-corrected chi connectivity index (χ2v) is 6.32. The quantitative estimate of drug-likeness (QED) is 0.281. The first-order chi connectivity index (χ1) is 12.7. The Bertz CT molecular complexity index is 688. The fourth-order valence-electron chi connectivity index (χ4n) is 2.91. The molecule has 1 fully saturated rings. The lowest BCUT2D eigenvalue weighted by atomic mass is 9.99. The van der Waals surface area contributed by atoms with Crippen LogP contribution in [0, 0.1) is 11.8 Å². The van der Waals surface area contributed by atoms with Gasteiger partial charge in [-0.1, -0.05) is 6.92 Å². The number of rotatable bonds is 5. The van der Waals surface area contributed by atoms with Gasteiger partial charge in [0.15, 0.2) is 12.6 Å². The van der Waals surface area contributed by atoms with Gasteiger partial charge in [0, 0.05) is 38.9 Å². The average molecular weight is 516 g/mol. The van der Waals surface area contributed by atoms with Crippen molar-refractivity contribution >= 4 is 35.9 Å². The lowest BCUT2D eigenvalue weighted by molar-refractivity contribution is -0.154. The van der Waals surface area contributed by atoms with Crippen LogP contribution >= 0.6 is 24.0 Å². The second kappa shape index (κ2) is 10.7. The number of ether oxygens (including phenoxy) is 2. The third kappa shape index (κ3) is 6.99. The normalized spacial score (nSPS) is 19.8. The molecule has 7 nitrogen and oxygen atoms in total. The van der Waals surface area contributed by atoms with Gasteiger partial charge in [-0.3, -0.25) is 9.79 Å². The molecular formula is C17H24F3IN4O3. The lowest BCUT2D eigenvalue weighted by Gasteiger charge is -2.21. The highest BCUT2D eigenvalue weighted by atomic mass is 127. The summed E-state index contributed by atoms with van der Waals surface area (Å²) in [4.78, 5) is 21.8. The van der Waals surface area contributed by atoms with Crippen molar-refractivity contribution < 1.29 is 27.4 Å². The molecule has 1 aromatic rings. The zero-order valence-corrected chi connectivity index (χ0v) is 18.2. The molecule has 2 heterocycles. The van der Waals surface area contributed by atoms with Gasteiger partial charge in [-0.05, 0) is 17.5 Å². The molecule has 158 valence electrons. The Labute approximate surface area is 178 Å². The molecule has 0 aromatic carbocycles. The number of aliphatic imine (C=N–C) groups is 1. The van der Waals surface area contributed by atoms with Crippen molar-refractivity contribution in [1.82, 2.24) is 15.2 Å². The van der Waals surface area contributed by atoms with Crippen molar-refractivity contribution in [2.24, 2.45) is 16.8 Å². The SMILES string of the molecule is CN=C(NCc1ccnc(OCC(F)(F)F)c1)N1CC(C)C(C(=O)OC)C1.I. The molecule has 1 saturated heterocycles. The summed E-state index contributed by atoms with van der Waals surface area (Å²) >= 11 is 0. The Kier molecular flexibility index (Phi) is 9.24. The van der Waals surface area contributed by atoms with Crippen LogP contribution in [0.15, 0.2) is 23.3 Å². The number of aromatic nitrogens is 1. The molecule has 28 heavy (non-hydrogen) atoms. The van der Waals surface area contributed by atoms with Gasteiger partial charge in [-0.2, -0.15) is 13.2 Å². The van der Waals surface area contributed by atoms with Gasteiger partial charge in [0.2, 0.25) is 5.88 Å². The average Bonchev–Trinajstić information content (AvgIpc) is 3.01. The molecule has 0 radical (unpaired) electrons. The first kappa shape index (κ1) is 24.2. The molecule has 0 amide bonds. The van der Waals surface area contributed by atoms with Crippen molar-refractivity contribution in [3.63, 3.8) is 0 Å². The van der Waals surface area contributed by atoms with E-state index in [0.29, 0.717) is 31.2 Å². The molecule has 2 rings (SSSR count). The molecule has 1 aliphatic rings. The minimum Gasteiger partial charge on any atom is -0.469 e. The summed E-state index contributed by atoms with van der Waals surface area (Å²) < 4.78 is 46.2. The number of esters is 1. The van der Waals surface area contributed by atoms with Crippen LogP contribution in [0.25, 0.3) is 0 Å². The highest BCUT2D eigenvalue weighted by molar-refractivity contribution is 14.0. The second-order valence-electron chi connectivity index (χ2n) is 6.32. The standard InChI is InChI=1S/C17H23F3N4O3.HI/c1-11-8-24(9-13(11)15(25)26-3)16(21-2)23-7-12-4-5-22-14(6-12)27-10-17(18,19)20;/h4-6,11,13H,7-10H2,1-3H3,(H,21,23);1H.